The summed E-state index contributed by atoms with van der Waals surface area (Å²) in [6.07, 6.45) is 2.15. The van der Waals surface area contributed by atoms with Crippen LogP contribution in [0.5, 0.6) is 0 Å². The first-order valence-corrected chi connectivity index (χ1v) is 8.97. The Morgan fingerprint density at radius 2 is 1.72 bits per heavy atom. The molecule has 2 aromatic carbocycles. The molecule has 0 saturated heterocycles. The van der Waals surface area contributed by atoms with Crippen LogP contribution in [0.15, 0.2) is 72.9 Å². The van der Waals surface area contributed by atoms with E-state index in [1.54, 1.807) is 0 Å². The van der Waals surface area contributed by atoms with Crippen LogP contribution < -0.4 is 5.32 Å². The Hall–Kier alpha value is -2.59. The Balaban J connectivity index is 1.68. The summed E-state index contributed by atoms with van der Waals surface area (Å²) in [6, 6.07) is 23.3. The van der Waals surface area contributed by atoms with Gasteiger partial charge in [-0.2, -0.15) is 0 Å². The first kappa shape index (κ1) is 15.9. The van der Waals surface area contributed by atoms with Gasteiger partial charge >= 0.3 is 0 Å². The largest absolute Gasteiger partial charge is 0.348 e. The van der Waals surface area contributed by atoms with E-state index in [9.17, 15) is 0 Å². The van der Waals surface area contributed by atoms with Gasteiger partial charge in [-0.05, 0) is 49.0 Å². The number of nitrogens with one attached hydrogen (secondary N) is 1. The Morgan fingerprint density at radius 3 is 2.48 bits per heavy atom. The normalized spacial score (nSPS) is 16.4. The molecule has 1 aromatic heterocycles. The van der Waals surface area contributed by atoms with Gasteiger partial charge in [0.15, 0.2) is 5.11 Å². The molecule has 0 saturated carbocycles. The predicted octanol–water partition coefficient (Wildman–Crippen LogP) is 4.60. The first-order chi connectivity index (χ1) is 12.2. The molecule has 0 spiro atoms. The van der Waals surface area contributed by atoms with Crippen molar-refractivity contribution in [1.29, 1.82) is 0 Å². The molecule has 0 radical (unpaired) electrons. The second-order valence-corrected chi connectivity index (χ2v) is 6.82. The number of anilines is 1. The molecular formula is C21H21N3S. The maximum atomic E-state index is 5.77. The molecule has 1 aliphatic heterocycles. The molecule has 0 amide bonds. The third kappa shape index (κ3) is 3.17. The van der Waals surface area contributed by atoms with Gasteiger partial charge in [-0.1, -0.05) is 48.0 Å². The lowest BCUT2D eigenvalue weighted by atomic mass is 9.99. The number of fused-ring (bicyclic) bond motifs is 1. The predicted molar refractivity (Wildman–Crippen MR) is 107 cm³/mol. The van der Waals surface area contributed by atoms with Gasteiger partial charge in [-0.15, -0.1) is 0 Å². The van der Waals surface area contributed by atoms with E-state index in [0.29, 0.717) is 0 Å². The maximum absolute atomic E-state index is 5.77. The molecule has 1 atom stereocenters. The molecule has 0 unspecified atom stereocenters. The number of rotatable bonds is 2. The minimum absolute atomic E-state index is 0.132. The molecule has 3 aromatic rings. The van der Waals surface area contributed by atoms with Crippen LogP contribution in [0.25, 0.3) is 0 Å². The fraction of sp³-hybridized carbons (Fsp3) is 0.190. The summed E-state index contributed by atoms with van der Waals surface area (Å²) in [5.74, 6) is 0. The van der Waals surface area contributed by atoms with Crippen LogP contribution in [0, 0.1) is 6.92 Å². The van der Waals surface area contributed by atoms with Gasteiger partial charge < -0.3 is 14.8 Å². The monoisotopic (exact) mass is 347 g/mol. The van der Waals surface area contributed by atoms with Crippen molar-refractivity contribution in [3.8, 4) is 0 Å². The highest BCUT2D eigenvalue weighted by atomic mass is 32.1. The molecule has 1 aliphatic rings. The van der Waals surface area contributed by atoms with Crippen LogP contribution in [-0.2, 0) is 6.54 Å². The van der Waals surface area contributed by atoms with Gasteiger partial charge in [0.2, 0.25) is 0 Å². The molecular weight excluding hydrogens is 326 g/mol. The van der Waals surface area contributed by atoms with Crippen LogP contribution >= 0.6 is 12.2 Å². The van der Waals surface area contributed by atoms with E-state index >= 15 is 0 Å². The zero-order valence-corrected chi connectivity index (χ0v) is 15.0. The SMILES string of the molecule is Cc1ccc([C@@H]2c3cccn3CCN2C(=S)Nc2ccccc2)cc1. The average molecular weight is 347 g/mol. The number of para-hydroxylation sites is 1. The highest BCUT2D eigenvalue weighted by Gasteiger charge is 2.30. The van der Waals surface area contributed by atoms with E-state index in [2.05, 4.69) is 64.3 Å². The topological polar surface area (TPSA) is 20.2 Å². The van der Waals surface area contributed by atoms with Crippen molar-refractivity contribution < 1.29 is 0 Å². The van der Waals surface area contributed by atoms with E-state index in [4.69, 9.17) is 12.2 Å². The second kappa shape index (κ2) is 6.73. The van der Waals surface area contributed by atoms with E-state index in [1.807, 2.05) is 30.3 Å². The van der Waals surface area contributed by atoms with E-state index in [0.717, 1.165) is 23.9 Å². The summed E-state index contributed by atoms with van der Waals surface area (Å²) in [6.45, 7) is 3.95. The number of hydrogen-bond acceptors (Lipinski definition) is 1. The third-order valence-electron chi connectivity index (χ3n) is 4.72. The summed E-state index contributed by atoms with van der Waals surface area (Å²) in [4.78, 5) is 2.29. The fourth-order valence-corrected chi connectivity index (χ4v) is 3.73. The lowest BCUT2D eigenvalue weighted by molar-refractivity contribution is 0.293. The molecule has 0 fully saturated rings. The Bertz CT molecular complexity index is 868. The van der Waals surface area contributed by atoms with Crippen LogP contribution in [0.1, 0.15) is 22.9 Å². The van der Waals surface area contributed by atoms with Crippen molar-refractivity contribution in [2.75, 3.05) is 11.9 Å². The quantitative estimate of drug-likeness (QED) is 0.684. The van der Waals surface area contributed by atoms with E-state index in [1.165, 1.54) is 16.8 Å². The van der Waals surface area contributed by atoms with Gasteiger partial charge in [0.25, 0.3) is 0 Å². The Labute approximate surface area is 153 Å². The fourth-order valence-electron chi connectivity index (χ4n) is 3.42. The highest BCUT2D eigenvalue weighted by Crippen LogP contribution is 2.33. The van der Waals surface area contributed by atoms with Crippen LogP contribution in [0.4, 0.5) is 5.69 Å². The number of aromatic nitrogens is 1. The number of aryl methyl sites for hydroxylation is 1. The lowest BCUT2D eigenvalue weighted by Gasteiger charge is -2.39. The molecule has 126 valence electrons. The molecule has 1 N–H and O–H groups in total. The molecule has 2 heterocycles. The molecule has 25 heavy (non-hydrogen) atoms. The van der Waals surface area contributed by atoms with Gasteiger partial charge in [0, 0.05) is 30.7 Å². The molecule has 3 nitrogen and oxygen atoms in total. The minimum Gasteiger partial charge on any atom is -0.348 e. The summed E-state index contributed by atoms with van der Waals surface area (Å²) in [5.41, 5.74) is 4.84. The number of nitrogens with zero attached hydrogens (tertiary/aromatic N) is 2. The van der Waals surface area contributed by atoms with E-state index < -0.39 is 0 Å². The minimum atomic E-state index is 0.132. The third-order valence-corrected chi connectivity index (χ3v) is 5.05. The molecule has 4 rings (SSSR count). The zero-order valence-electron chi connectivity index (χ0n) is 14.2. The molecule has 0 aliphatic carbocycles. The van der Waals surface area contributed by atoms with Crippen LogP contribution in [0.3, 0.4) is 0 Å². The molecule has 0 bridgehead atoms. The van der Waals surface area contributed by atoms with Gasteiger partial charge in [0.1, 0.15) is 0 Å². The van der Waals surface area contributed by atoms with Crippen molar-refractivity contribution in [2.24, 2.45) is 0 Å². The summed E-state index contributed by atoms with van der Waals surface area (Å²) in [5, 5.41) is 4.16. The number of thiocarbonyl (C=S) groups is 1. The lowest BCUT2D eigenvalue weighted by Crippen LogP contribution is -2.44. The van der Waals surface area contributed by atoms with Crippen LogP contribution in [0.2, 0.25) is 0 Å². The summed E-state index contributed by atoms with van der Waals surface area (Å²) in [7, 11) is 0. The Morgan fingerprint density at radius 1 is 0.960 bits per heavy atom. The smallest absolute Gasteiger partial charge is 0.174 e. The van der Waals surface area contributed by atoms with Crippen molar-refractivity contribution in [2.45, 2.75) is 19.5 Å². The maximum Gasteiger partial charge on any atom is 0.174 e. The average Bonchev–Trinajstić information content (AvgIpc) is 3.11. The standard InChI is InChI=1S/C21H21N3S/c1-16-9-11-17(12-10-16)20-19-8-5-13-23(19)14-15-24(20)21(25)22-18-6-3-2-4-7-18/h2-13,20H,14-15H2,1H3,(H,22,25)/t20-/m1/s1. The Kier molecular flexibility index (Phi) is 4.28. The highest BCUT2D eigenvalue weighted by molar-refractivity contribution is 7.80. The van der Waals surface area contributed by atoms with Crippen molar-refractivity contribution in [1.82, 2.24) is 9.47 Å². The van der Waals surface area contributed by atoms with Crippen molar-refractivity contribution in [3.63, 3.8) is 0 Å². The molecule has 4 heteroatoms. The second-order valence-electron chi connectivity index (χ2n) is 6.43. The zero-order chi connectivity index (χ0) is 17.2. The van der Waals surface area contributed by atoms with Gasteiger partial charge in [-0.25, -0.2) is 0 Å². The number of benzene rings is 2. The summed E-state index contributed by atoms with van der Waals surface area (Å²) < 4.78 is 2.33. The van der Waals surface area contributed by atoms with Gasteiger partial charge in [0.05, 0.1) is 6.04 Å². The van der Waals surface area contributed by atoms with Gasteiger partial charge in [-0.3, -0.25) is 0 Å². The van der Waals surface area contributed by atoms with Crippen molar-refractivity contribution >= 4 is 23.0 Å². The first-order valence-electron chi connectivity index (χ1n) is 8.56. The van der Waals surface area contributed by atoms with Crippen LogP contribution in [-0.4, -0.2) is 21.1 Å². The van der Waals surface area contributed by atoms with E-state index in [-0.39, 0.29) is 6.04 Å². The van der Waals surface area contributed by atoms with Crippen molar-refractivity contribution in [3.05, 3.63) is 89.7 Å². The summed E-state index contributed by atoms with van der Waals surface area (Å²) >= 11 is 5.77. The number of hydrogen-bond donors (Lipinski definition) is 1.